The lowest BCUT2D eigenvalue weighted by molar-refractivity contribution is 0.242. The maximum absolute atomic E-state index is 6.10. The smallest absolute Gasteiger partial charge is 0.123 e. The highest BCUT2D eigenvalue weighted by atomic mass is 16.5. The Hall–Kier alpha value is -1.38. The fraction of sp³-hybridized carbons (Fsp3) is 0.667. The second kappa shape index (κ2) is 7.06. The standard InChI is InChI=1S/C18H30N2O/c1-13(2)12-20(16-7-5-6-8-16)17-9-15(19)10-18(11-17)21-14(3)4/h9-11,13-14,16H,5-8,12,19H2,1-4H3. The molecule has 0 bridgehead atoms. The van der Waals surface area contributed by atoms with Gasteiger partial charge in [-0.15, -0.1) is 0 Å². The Kier molecular flexibility index (Phi) is 5.38. The van der Waals surface area contributed by atoms with Gasteiger partial charge in [0.05, 0.1) is 6.10 Å². The lowest BCUT2D eigenvalue weighted by Crippen LogP contribution is -2.36. The molecule has 0 saturated heterocycles. The summed E-state index contributed by atoms with van der Waals surface area (Å²) in [6, 6.07) is 6.82. The van der Waals surface area contributed by atoms with Crippen LogP contribution < -0.4 is 15.4 Å². The summed E-state index contributed by atoms with van der Waals surface area (Å²) in [5, 5.41) is 0. The molecule has 1 aliphatic carbocycles. The van der Waals surface area contributed by atoms with Gasteiger partial charge in [0.2, 0.25) is 0 Å². The molecule has 1 aromatic rings. The molecule has 21 heavy (non-hydrogen) atoms. The van der Waals surface area contributed by atoms with Crippen LogP contribution in [0.1, 0.15) is 53.4 Å². The van der Waals surface area contributed by atoms with Gasteiger partial charge in [0, 0.05) is 36.1 Å². The zero-order valence-electron chi connectivity index (χ0n) is 13.9. The molecule has 0 heterocycles. The highest BCUT2D eigenvalue weighted by Gasteiger charge is 2.24. The molecule has 3 heteroatoms. The third kappa shape index (κ3) is 4.55. The zero-order chi connectivity index (χ0) is 15.4. The minimum atomic E-state index is 0.171. The molecule has 1 saturated carbocycles. The average molecular weight is 290 g/mol. The van der Waals surface area contributed by atoms with Crippen LogP contribution in [-0.2, 0) is 0 Å². The van der Waals surface area contributed by atoms with Crippen LogP contribution in [0.3, 0.4) is 0 Å². The van der Waals surface area contributed by atoms with Gasteiger partial charge in [-0.2, -0.15) is 0 Å². The minimum absolute atomic E-state index is 0.171. The monoisotopic (exact) mass is 290 g/mol. The van der Waals surface area contributed by atoms with Crippen LogP contribution in [0, 0.1) is 5.92 Å². The van der Waals surface area contributed by atoms with Crippen molar-refractivity contribution in [2.75, 3.05) is 17.2 Å². The average Bonchev–Trinajstić information content (AvgIpc) is 2.87. The van der Waals surface area contributed by atoms with Crippen molar-refractivity contribution in [3.8, 4) is 5.75 Å². The van der Waals surface area contributed by atoms with E-state index >= 15 is 0 Å². The van der Waals surface area contributed by atoms with E-state index in [1.165, 1.54) is 31.4 Å². The van der Waals surface area contributed by atoms with Crippen LogP contribution in [-0.4, -0.2) is 18.7 Å². The fourth-order valence-corrected chi connectivity index (χ4v) is 3.19. The van der Waals surface area contributed by atoms with Crippen molar-refractivity contribution < 1.29 is 4.74 Å². The SMILES string of the molecule is CC(C)CN(c1cc(N)cc(OC(C)C)c1)C1CCCC1. The van der Waals surface area contributed by atoms with Crippen LogP contribution in [0.5, 0.6) is 5.75 Å². The molecule has 2 rings (SSSR count). The maximum atomic E-state index is 6.10. The fourth-order valence-electron chi connectivity index (χ4n) is 3.19. The minimum Gasteiger partial charge on any atom is -0.491 e. The Morgan fingerprint density at radius 1 is 1.14 bits per heavy atom. The highest BCUT2D eigenvalue weighted by molar-refractivity contribution is 5.61. The molecular weight excluding hydrogens is 260 g/mol. The van der Waals surface area contributed by atoms with E-state index < -0.39 is 0 Å². The first-order valence-electron chi connectivity index (χ1n) is 8.29. The Balaban J connectivity index is 2.27. The number of nitrogen functional groups attached to an aromatic ring is 1. The molecule has 1 aliphatic rings. The molecule has 1 aromatic carbocycles. The van der Waals surface area contributed by atoms with Crippen molar-refractivity contribution >= 4 is 11.4 Å². The Bertz CT molecular complexity index is 451. The van der Waals surface area contributed by atoms with E-state index in [2.05, 4.69) is 30.9 Å². The summed E-state index contributed by atoms with van der Waals surface area (Å²) in [4.78, 5) is 2.54. The highest BCUT2D eigenvalue weighted by Crippen LogP contribution is 2.33. The van der Waals surface area contributed by atoms with E-state index in [1.807, 2.05) is 19.9 Å². The van der Waals surface area contributed by atoms with E-state index in [9.17, 15) is 0 Å². The van der Waals surface area contributed by atoms with Crippen molar-refractivity contribution in [2.45, 2.75) is 65.5 Å². The van der Waals surface area contributed by atoms with Crippen molar-refractivity contribution in [1.29, 1.82) is 0 Å². The lowest BCUT2D eigenvalue weighted by atomic mass is 10.1. The largest absolute Gasteiger partial charge is 0.491 e. The Labute approximate surface area is 129 Å². The third-order valence-corrected chi connectivity index (χ3v) is 3.94. The van der Waals surface area contributed by atoms with Crippen LogP contribution in [0.25, 0.3) is 0 Å². The number of nitrogens with two attached hydrogens (primary N) is 1. The first-order valence-corrected chi connectivity index (χ1v) is 8.29. The number of anilines is 2. The third-order valence-electron chi connectivity index (χ3n) is 3.94. The molecule has 1 fully saturated rings. The summed E-state index contributed by atoms with van der Waals surface area (Å²) < 4.78 is 5.85. The molecule has 0 radical (unpaired) electrons. The maximum Gasteiger partial charge on any atom is 0.123 e. The zero-order valence-corrected chi connectivity index (χ0v) is 13.9. The number of nitrogens with zero attached hydrogens (tertiary/aromatic N) is 1. The van der Waals surface area contributed by atoms with Gasteiger partial charge < -0.3 is 15.4 Å². The van der Waals surface area contributed by atoms with Gasteiger partial charge in [0.1, 0.15) is 5.75 Å². The molecule has 0 aliphatic heterocycles. The predicted molar refractivity (Wildman–Crippen MR) is 91.1 cm³/mol. The molecule has 118 valence electrons. The number of hydrogen-bond donors (Lipinski definition) is 1. The molecule has 3 nitrogen and oxygen atoms in total. The number of ether oxygens (including phenoxy) is 1. The number of rotatable bonds is 6. The summed E-state index contributed by atoms with van der Waals surface area (Å²) in [6.45, 7) is 9.73. The molecular formula is C18H30N2O. The summed E-state index contributed by atoms with van der Waals surface area (Å²) in [5.41, 5.74) is 8.10. The summed E-state index contributed by atoms with van der Waals surface area (Å²) in [5.74, 6) is 1.52. The van der Waals surface area contributed by atoms with Crippen molar-refractivity contribution in [3.05, 3.63) is 18.2 Å². The van der Waals surface area contributed by atoms with Gasteiger partial charge in [0.15, 0.2) is 0 Å². The predicted octanol–water partition coefficient (Wildman–Crippen LogP) is 4.46. The van der Waals surface area contributed by atoms with Gasteiger partial charge in [-0.3, -0.25) is 0 Å². The quantitative estimate of drug-likeness (QED) is 0.786. The van der Waals surface area contributed by atoms with E-state index in [1.54, 1.807) is 0 Å². The van der Waals surface area contributed by atoms with Crippen molar-refractivity contribution in [3.63, 3.8) is 0 Å². The number of hydrogen-bond acceptors (Lipinski definition) is 3. The first-order chi connectivity index (χ1) is 9.95. The van der Waals surface area contributed by atoms with Crippen LogP contribution in [0.2, 0.25) is 0 Å². The molecule has 0 atom stereocenters. The van der Waals surface area contributed by atoms with E-state index in [0.29, 0.717) is 12.0 Å². The van der Waals surface area contributed by atoms with Crippen LogP contribution in [0.15, 0.2) is 18.2 Å². The van der Waals surface area contributed by atoms with Gasteiger partial charge in [-0.25, -0.2) is 0 Å². The van der Waals surface area contributed by atoms with Gasteiger partial charge in [0.25, 0.3) is 0 Å². The topological polar surface area (TPSA) is 38.5 Å². The van der Waals surface area contributed by atoms with Gasteiger partial charge >= 0.3 is 0 Å². The summed E-state index contributed by atoms with van der Waals surface area (Å²) in [6.07, 6.45) is 5.45. The van der Waals surface area contributed by atoms with E-state index in [0.717, 1.165) is 18.0 Å². The van der Waals surface area contributed by atoms with Crippen LogP contribution in [0.4, 0.5) is 11.4 Å². The summed E-state index contributed by atoms with van der Waals surface area (Å²) in [7, 11) is 0. The Morgan fingerprint density at radius 3 is 2.38 bits per heavy atom. The Morgan fingerprint density at radius 2 is 1.81 bits per heavy atom. The molecule has 0 aromatic heterocycles. The van der Waals surface area contributed by atoms with Crippen molar-refractivity contribution in [2.24, 2.45) is 5.92 Å². The van der Waals surface area contributed by atoms with E-state index in [-0.39, 0.29) is 6.10 Å². The van der Waals surface area contributed by atoms with E-state index in [4.69, 9.17) is 10.5 Å². The lowest BCUT2D eigenvalue weighted by Gasteiger charge is -2.33. The van der Waals surface area contributed by atoms with Crippen molar-refractivity contribution in [1.82, 2.24) is 0 Å². The molecule has 0 amide bonds. The summed E-state index contributed by atoms with van der Waals surface area (Å²) >= 11 is 0. The second-order valence-corrected chi connectivity index (χ2v) is 6.91. The normalized spacial score (nSPS) is 15.9. The molecule has 0 spiro atoms. The number of benzene rings is 1. The van der Waals surface area contributed by atoms with Gasteiger partial charge in [-0.05, 0) is 38.7 Å². The van der Waals surface area contributed by atoms with Gasteiger partial charge in [-0.1, -0.05) is 26.7 Å². The van der Waals surface area contributed by atoms with Crippen LogP contribution >= 0.6 is 0 Å². The second-order valence-electron chi connectivity index (χ2n) is 6.91. The first kappa shape index (κ1) is 16.0. The molecule has 2 N–H and O–H groups in total. The molecule has 0 unspecified atom stereocenters.